The normalized spacial score (nSPS) is 15.5. The Hall–Kier alpha value is -2.38. The van der Waals surface area contributed by atoms with E-state index in [4.69, 9.17) is 4.98 Å². The van der Waals surface area contributed by atoms with E-state index in [-0.39, 0.29) is 0 Å². The molecule has 0 amide bonds. The molecule has 1 saturated heterocycles. The molecule has 0 aromatic carbocycles. The zero-order valence-corrected chi connectivity index (χ0v) is 15.0. The molecule has 0 N–H and O–H groups in total. The molecule has 7 heteroatoms. The molecule has 0 saturated carbocycles. The first-order valence-electron chi connectivity index (χ1n) is 8.41. The first-order valence-corrected chi connectivity index (χ1v) is 9.29. The predicted molar refractivity (Wildman–Crippen MR) is 99.6 cm³/mol. The maximum Gasteiger partial charge on any atom is 0.225 e. The molecule has 0 aliphatic carbocycles. The minimum atomic E-state index is 0.785. The van der Waals surface area contributed by atoms with E-state index in [1.807, 2.05) is 30.5 Å². The van der Waals surface area contributed by atoms with Gasteiger partial charge < -0.3 is 4.90 Å². The fraction of sp³-hybridized carbons (Fsp3) is 0.333. The lowest BCUT2D eigenvalue weighted by Gasteiger charge is -2.34. The Kier molecular flexibility index (Phi) is 4.67. The summed E-state index contributed by atoms with van der Waals surface area (Å²) in [7, 11) is 0. The largest absolute Gasteiger partial charge is 0.338 e. The maximum absolute atomic E-state index is 4.70. The van der Waals surface area contributed by atoms with E-state index >= 15 is 0 Å². The number of thiazole rings is 1. The summed E-state index contributed by atoms with van der Waals surface area (Å²) in [6.45, 7) is 6.82. The lowest BCUT2D eigenvalue weighted by atomic mass is 10.2. The van der Waals surface area contributed by atoms with Crippen LogP contribution in [-0.2, 0) is 6.54 Å². The van der Waals surface area contributed by atoms with Crippen molar-refractivity contribution in [1.82, 2.24) is 24.8 Å². The van der Waals surface area contributed by atoms with Gasteiger partial charge >= 0.3 is 0 Å². The number of pyridine rings is 1. The molecule has 0 unspecified atom stereocenters. The highest BCUT2D eigenvalue weighted by molar-refractivity contribution is 7.09. The number of rotatable bonds is 4. The third kappa shape index (κ3) is 3.83. The number of nitrogens with zero attached hydrogens (tertiary/aromatic N) is 6. The Labute approximate surface area is 151 Å². The number of piperazine rings is 1. The van der Waals surface area contributed by atoms with Crippen LogP contribution in [0.5, 0.6) is 0 Å². The van der Waals surface area contributed by atoms with Gasteiger partial charge in [-0.1, -0.05) is 6.07 Å². The standard InChI is InChI=1S/C18H20N6S/c1-14-21-15(13-25-14)12-23-8-10-24(11-9-23)18-20-7-5-17(22-18)16-4-2-3-6-19-16/h2-7,13H,8-12H2,1H3. The highest BCUT2D eigenvalue weighted by Gasteiger charge is 2.20. The Morgan fingerprint density at radius 1 is 0.960 bits per heavy atom. The number of aromatic nitrogens is 4. The van der Waals surface area contributed by atoms with Gasteiger partial charge in [0.15, 0.2) is 0 Å². The number of aryl methyl sites for hydroxylation is 1. The van der Waals surface area contributed by atoms with E-state index in [0.29, 0.717) is 0 Å². The second-order valence-corrected chi connectivity index (χ2v) is 7.14. The van der Waals surface area contributed by atoms with Crippen LogP contribution in [0.4, 0.5) is 5.95 Å². The number of anilines is 1. The van der Waals surface area contributed by atoms with Crippen LogP contribution in [-0.4, -0.2) is 51.0 Å². The second-order valence-electron chi connectivity index (χ2n) is 6.08. The molecule has 4 rings (SSSR count). The third-order valence-corrected chi connectivity index (χ3v) is 5.10. The van der Waals surface area contributed by atoms with Gasteiger partial charge in [-0.2, -0.15) is 0 Å². The molecule has 0 bridgehead atoms. The van der Waals surface area contributed by atoms with E-state index < -0.39 is 0 Å². The Morgan fingerprint density at radius 3 is 2.56 bits per heavy atom. The van der Waals surface area contributed by atoms with Crippen LogP contribution < -0.4 is 4.90 Å². The molecule has 1 aliphatic rings. The number of hydrogen-bond acceptors (Lipinski definition) is 7. The lowest BCUT2D eigenvalue weighted by molar-refractivity contribution is 0.246. The van der Waals surface area contributed by atoms with Gasteiger partial charge in [-0.3, -0.25) is 9.88 Å². The maximum atomic E-state index is 4.70. The van der Waals surface area contributed by atoms with Crippen LogP contribution in [0, 0.1) is 6.92 Å². The fourth-order valence-corrected chi connectivity index (χ4v) is 3.58. The van der Waals surface area contributed by atoms with Crippen molar-refractivity contribution in [3.63, 3.8) is 0 Å². The van der Waals surface area contributed by atoms with Gasteiger partial charge in [0.1, 0.15) is 0 Å². The highest BCUT2D eigenvalue weighted by atomic mass is 32.1. The van der Waals surface area contributed by atoms with Crippen molar-refractivity contribution in [3.8, 4) is 11.4 Å². The SMILES string of the molecule is Cc1nc(CN2CCN(c3nccc(-c4ccccn4)n3)CC2)cs1. The average molecular weight is 352 g/mol. The van der Waals surface area contributed by atoms with Crippen molar-refractivity contribution in [2.75, 3.05) is 31.1 Å². The van der Waals surface area contributed by atoms with Gasteiger partial charge in [0.05, 0.1) is 22.1 Å². The van der Waals surface area contributed by atoms with Crippen molar-refractivity contribution >= 4 is 17.3 Å². The monoisotopic (exact) mass is 352 g/mol. The zero-order chi connectivity index (χ0) is 17.1. The van der Waals surface area contributed by atoms with E-state index in [9.17, 15) is 0 Å². The molecule has 6 nitrogen and oxygen atoms in total. The van der Waals surface area contributed by atoms with Gasteiger partial charge in [0.25, 0.3) is 0 Å². The van der Waals surface area contributed by atoms with Crippen LogP contribution in [0.3, 0.4) is 0 Å². The summed E-state index contributed by atoms with van der Waals surface area (Å²) in [5.74, 6) is 0.785. The minimum Gasteiger partial charge on any atom is -0.338 e. The third-order valence-electron chi connectivity index (χ3n) is 4.28. The Bertz CT molecular complexity index is 826. The van der Waals surface area contributed by atoms with Crippen LogP contribution in [0.15, 0.2) is 42.0 Å². The summed E-state index contributed by atoms with van der Waals surface area (Å²) in [5, 5.41) is 3.29. The van der Waals surface area contributed by atoms with E-state index in [2.05, 4.69) is 37.1 Å². The Morgan fingerprint density at radius 2 is 1.84 bits per heavy atom. The summed E-state index contributed by atoms with van der Waals surface area (Å²) in [6.07, 6.45) is 3.60. The molecule has 0 atom stereocenters. The average Bonchev–Trinajstić information content (AvgIpc) is 3.08. The van der Waals surface area contributed by atoms with Crippen molar-refractivity contribution in [1.29, 1.82) is 0 Å². The molecular formula is C18H20N6S. The molecule has 25 heavy (non-hydrogen) atoms. The molecule has 1 aliphatic heterocycles. The molecule has 3 aromatic heterocycles. The van der Waals surface area contributed by atoms with E-state index in [1.54, 1.807) is 17.5 Å². The quantitative estimate of drug-likeness (QED) is 0.719. The summed E-state index contributed by atoms with van der Waals surface area (Å²) >= 11 is 1.72. The Balaban J connectivity index is 1.41. The molecule has 0 radical (unpaired) electrons. The predicted octanol–water partition coefficient (Wildman–Crippen LogP) is 2.63. The summed E-state index contributed by atoms with van der Waals surface area (Å²) in [4.78, 5) is 22.8. The zero-order valence-electron chi connectivity index (χ0n) is 14.2. The van der Waals surface area contributed by atoms with Crippen LogP contribution >= 0.6 is 11.3 Å². The smallest absolute Gasteiger partial charge is 0.225 e. The van der Waals surface area contributed by atoms with Gasteiger partial charge in [0, 0.05) is 50.5 Å². The molecule has 1 fully saturated rings. The topological polar surface area (TPSA) is 58.0 Å². The highest BCUT2D eigenvalue weighted by Crippen LogP contribution is 2.18. The van der Waals surface area contributed by atoms with Crippen molar-refractivity contribution < 1.29 is 0 Å². The van der Waals surface area contributed by atoms with Crippen LogP contribution in [0.1, 0.15) is 10.7 Å². The van der Waals surface area contributed by atoms with Crippen molar-refractivity contribution in [2.24, 2.45) is 0 Å². The molecule has 0 spiro atoms. The van der Waals surface area contributed by atoms with Crippen LogP contribution in [0.2, 0.25) is 0 Å². The van der Waals surface area contributed by atoms with Gasteiger partial charge in [-0.15, -0.1) is 11.3 Å². The fourth-order valence-electron chi connectivity index (χ4n) is 2.97. The first-order chi connectivity index (χ1) is 12.3. The summed E-state index contributed by atoms with van der Waals surface area (Å²) in [5.41, 5.74) is 2.92. The summed E-state index contributed by atoms with van der Waals surface area (Å²) in [6, 6.07) is 7.77. The second kappa shape index (κ2) is 7.25. The minimum absolute atomic E-state index is 0.785. The van der Waals surface area contributed by atoms with Crippen molar-refractivity contribution in [3.05, 3.63) is 52.7 Å². The number of hydrogen-bond donors (Lipinski definition) is 0. The molecular weight excluding hydrogens is 332 g/mol. The van der Waals surface area contributed by atoms with Crippen molar-refractivity contribution in [2.45, 2.75) is 13.5 Å². The van der Waals surface area contributed by atoms with Gasteiger partial charge in [-0.25, -0.2) is 15.0 Å². The van der Waals surface area contributed by atoms with Gasteiger partial charge in [0.2, 0.25) is 5.95 Å². The lowest BCUT2D eigenvalue weighted by Crippen LogP contribution is -2.46. The molecule has 4 heterocycles. The van der Waals surface area contributed by atoms with E-state index in [1.165, 1.54) is 5.69 Å². The van der Waals surface area contributed by atoms with E-state index in [0.717, 1.165) is 55.1 Å². The van der Waals surface area contributed by atoms with Gasteiger partial charge in [-0.05, 0) is 25.1 Å². The molecule has 3 aromatic rings. The molecule has 128 valence electrons. The summed E-state index contributed by atoms with van der Waals surface area (Å²) < 4.78 is 0. The van der Waals surface area contributed by atoms with Crippen LogP contribution in [0.25, 0.3) is 11.4 Å². The first kappa shape index (κ1) is 16.1.